The van der Waals surface area contributed by atoms with Crippen molar-refractivity contribution in [3.8, 4) is 0 Å². The van der Waals surface area contributed by atoms with E-state index in [0.717, 1.165) is 11.1 Å². The molecule has 0 aromatic heterocycles. The summed E-state index contributed by atoms with van der Waals surface area (Å²) in [6.07, 6.45) is 0.0424. The summed E-state index contributed by atoms with van der Waals surface area (Å²) in [5.74, 6) is -1.31. The molecule has 0 unspecified atom stereocenters. The number of hydrogen-bond donors (Lipinski definition) is 0. The molecule has 0 aliphatic carbocycles. The van der Waals surface area contributed by atoms with E-state index in [1.807, 2.05) is 20.8 Å². The van der Waals surface area contributed by atoms with Gasteiger partial charge in [0.15, 0.2) is 0 Å². The van der Waals surface area contributed by atoms with Crippen LogP contribution in [0.4, 0.5) is 0 Å². The van der Waals surface area contributed by atoms with E-state index in [2.05, 4.69) is 0 Å². The number of rotatable bonds is 8. The van der Waals surface area contributed by atoms with Crippen LogP contribution in [0.3, 0.4) is 0 Å². The van der Waals surface area contributed by atoms with Crippen molar-refractivity contribution in [3.05, 3.63) is 70.8 Å². The highest BCUT2D eigenvalue weighted by molar-refractivity contribution is 5.89. The number of carbonyl (C=O) groups excluding carboxylic acids is 2. The molecule has 0 aliphatic rings. The summed E-state index contributed by atoms with van der Waals surface area (Å²) in [6.45, 7) is 5.72. The maximum atomic E-state index is 11.9. The topological polar surface area (TPSA) is 71.1 Å². The van der Waals surface area contributed by atoms with Gasteiger partial charge in [0.25, 0.3) is 0 Å². The molecule has 2 aromatic rings. The average Bonchev–Trinajstić information content (AvgIpc) is 2.64. The van der Waals surface area contributed by atoms with Gasteiger partial charge in [-0.25, -0.2) is 9.59 Å². The number of carbonyl (C=O) groups is 2. The largest absolute Gasteiger partial charge is 0.373 e. The highest BCUT2D eigenvalue weighted by atomic mass is 17.3. The zero-order valence-corrected chi connectivity index (χ0v) is 15.1. The number of benzene rings is 2. The molecule has 2 aromatic carbocycles. The van der Waals surface area contributed by atoms with Crippen LogP contribution in [-0.4, -0.2) is 18.2 Å². The zero-order valence-electron chi connectivity index (χ0n) is 15.1. The van der Waals surface area contributed by atoms with Gasteiger partial charge in [-0.1, -0.05) is 48.7 Å². The van der Waals surface area contributed by atoms with Gasteiger partial charge in [0.1, 0.15) is 0 Å². The van der Waals surface area contributed by atoms with E-state index in [9.17, 15) is 9.59 Å². The quantitative estimate of drug-likeness (QED) is 0.398. The lowest BCUT2D eigenvalue weighted by atomic mass is 10.2. The fourth-order valence-corrected chi connectivity index (χ4v) is 2.02. The van der Waals surface area contributed by atoms with E-state index in [1.54, 1.807) is 48.5 Å². The molecule has 0 N–H and O–H groups in total. The fourth-order valence-electron chi connectivity index (χ4n) is 2.02. The molecule has 6 nitrogen and oxygen atoms in total. The van der Waals surface area contributed by atoms with Crippen LogP contribution in [0, 0.1) is 13.8 Å². The highest BCUT2D eigenvalue weighted by Crippen LogP contribution is 2.11. The third-order valence-electron chi connectivity index (χ3n) is 3.56. The molecule has 0 radical (unpaired) electrons. The van der Waals surface area contributed by atoms with Crippen LogP contribution in [0.2, 0.25) is 0 Å². The first-order valence-electron chi connectivity index (χ1n) is 8.38. The van der Waals surface area contributed by atoms with Crippen LogP contribution in [-0.2, 0) is 19.6 Å². The van der Waals surface area contributed by atoms with Gasteiger partial charge in [0.2, 0.25) is 6.29 Å². The molecule has 6 heteroatoms. The van der Waals surface area contributed by atoms with Gasteiger partial charge in [0.05, 0.1) is 11.1 Å². The maximum Gasteiger partial charge on any atom is 0.373 e. The fraction of sp³-hybridized carbons (Fsp3) is 0.300. The third-order valence-corrected chi connectivity index (χ3v) is 3.56. The van der Waals surface area contributed by atoms with Crippen LogP contribution < -0.4 is 0 Å². The third kappa shape index (κ3) is 5.98. The monoisotopic (exact) mass is 358 g/mol. The molecule has 0 bridgehead atoms. The minimum atomic E-state index is -1.01. The van der Waals surface area contributed by atoms with Crippen LogP contribution in [0.1, 0.15) is 51.6 Å². The minimum absolute atomic E-state index is 0.350. The maximum absolute atomic E-state index is 11.9. The predicted molar refractivity (Wildman–Crippen MR) is 94.1 cm³/mol. The highest BCUT2D eigenvalue weighted by Gasteiger charge is 2.18. The van der Waals surface area contributed by atoms with E-state index < -0.39 is 18.2 Å². The van der Waals surface area contributed by atoms with Crippen molar-refractivity contribution in [3.63, 3.8) is 0 Å². The van der Waals surface area contributed by atoms with Crippen molar-refractivity contribution in [2.45, 2.75) is 39.9 Å². The SMILES string of the molecule is CCCC(OOC(=O)c1ccc(C)cc1)OOC(=O)c1ccc(C)cc1. The lowest BCUT2D eigenvalue weighted by molar-refractivity contribution is -0.421. The van der Waals surface area contributed by atoms with Gasteiger partial charge in [-0.3, -0.25) is 9.78 Å². The summed E-state index contributed by atoms with van der Waals surface area (Å²) >= 11 is 0. The summed E-state index contributed by atoms with van der Waals surface area (Å²) in [5.41, 5.74) is 2.75. The lowest BCUT2D eigenvalue weighted by Crippen LogP contribution is -2.22. The average molecular weight is 358 g/mol. The summed E-state index contributed by atoms with van der Waals surface area (Å²) in [7, 11) is 0. The Morgan fingerprint density at radius 3 is 1.50 bits per heavy atom. The smallest absolute Gasteiger partial charge is 0.290 e. The molecule has 0 aliphatic heterocycles. The molecule has 26 heavy (non-hydrogen) atoms. The van der Waals surface area contributed by atoms with Crippen LogP contribution >= 0.6 is 0 Å². The second-order valence-corrected chi connectivity index (χ2v) is 5.88. The normalized spacial score (nSPS) is 10.6. The van der Waals surface area contributed by atoms with Crippen LogP contribution in [0.5, 0.6) is 0 Å². The Morgan fingerprint density at radius 1 is 0.769 bits per heavy atom. The van der Waals surface area contributed by atoms with E-state index in [4.69, 9.17) is 19.6 Å². The van der Waals surface area contributed by atoms with Gasteiger partial charge in [-0.05, 0) is 38.1 Å². The van der Waals surface area contributed by atoms with Crippen molar-refractivity contribution in [1.82, 2.24) is 0 Å². The van der Waals surface area contributed by atoms with Crippen LogP contribution in [0.25, 0.3) is 0 Å². The Bertz CT molecular complexity index is 659. The molecule has 0 spiro atoms. The Labute approximate surface area is 152 Å². The van der Waals surface area contributed by atoms with Crippen molar-refractivity contribution >= 4 is 11.9 Å². The summed E-state index contributed by atoms with van der Waals surface area (Å²) < 4.78 is 0. The standard InChI is InChI=1S/C20H22O6/c1-4-5-18(23-25-19(21)16-10-6-14(2)7-11-16)24-26-20(22)17-12-8-15(3)9-13-17/h6-13,18H,4-5H2,1-3H3. The van der Waals surface area contributed by atoms with Gasteiger partial charge >= 0.3 is 11.9 Å². The lowest BCUT2D eigenvalue weighted by Gasteiger charge is -2.14. The predicted octanol–water partition coefficient (Wildman–Crippen LogP) is 4.31. The van der Waals surface area contributed by atoms with E-state index in [1.165, 1.54) is 0 Å². The Hall–Kier alpha value is -2.70. The molecule has 0 saturated heterocycles. The Kier molecular flexibility index (Phi) is 7.32. The molecule has 0 heterocycles. The first-order chi connectivity index (χ1) is 12.5. The van der Waals surface area contributed by atoms with E-state index >= 15 is 0 Å². The molecule has 0 fully saturated rings. The minimum Gasteiger partial charge on any atom is -0.290 e. The number of aryl methyl sites for hydroxylation is 2. The van der Waals surface area contributed by atoms with Gasteiger partial charge in [-0.15, -0.1) is 9.78 Å². The first kappa shape index (κ1) is 19.6. The van der Waals surface area contributed by atoms with Crippen molar-refractivity contribution in [2.24, 2.45) is 0 Å². The number of hydrogen-bond acceptors (Lipinski definition) is 6. The van der Waals surface area contributed by atoms with E-state index in [-0.39, 0.29) is 0 Å². The van der Waals surface area contributed by atoms with Gasteiger partial charge in [0, 0.05) is 6.42 Å². The van der Waals surface area contributed by atoms with Crippen molar-refractivity contribution in [2.75, 3.05) is 0 Å². The van der Waals surface area contributed by atoms with Crippen molar-refractivity contribution in [1.29, 1.82) is 0 Å². The van der Waals surface area contributed by atoms with Crippen molar-refractivity contribution < 1.29 is 29.1 Å². The Morgan fingerprint density at radius 2 is 1.15 bits per heavy atom. The van der Waals surface area contributed by atoms with Gasteiger partial charge in [-0.2, -0.15) is 0 Å². The second kappa shape index (κ2) is 9.70. The molecule has 138 valence electrons. The molecule has 0 atom stereocenters. The van der Waals surface area contributed by atoms with Crippen LogP contribution in [0.15, 0.2) is 48.5 Å². The summed E-state index contributed by atoms with van der Waals surface area (Å²) in [4.78, 5) is 43.4. The second-order valence-electron chi connectivity index (χ2n) is 5.88. The molecule has 0 saturated carbocycles. The Balaban J connectivity index is 1.85. The summed E-state index contributed by atoms with van der Waals surface area (Å²) in [6, 6.07) is 13.7. The molecular formula is C20H22O6. The molecule has 2 rings (SSSR count). The summed E-state index contributed by atoms with van der Waals surface area (Å²) in [5, 5.41) is 0. The molecular weight excluding hydrogens is 336 g/mol. The molecule has 0 amide bonds. The van der Waals surface area contributed by atoms with E-state index in [0.29, 0.717) is 24.0 Å². The van der Waals surface area contributed by atoms with Gasteiger partial charge < -0.3 is 0 Å². The zero-order chi connectivity index (χ0) is 18.9. The first-order valence-corrected chi connectivity index (χ1v) is 8.38.